The number of hydrogen-bond donors (Lipinski definition) is 2. The number of aliphatic imine (C=N–C) groups is 1. The van der Waals surface area contributed by atoms with E-state index in [1.54, 1.807) is 6.92 Å². The molecule has 2 N–H and O–H groups in total. The molecule has 1 heterocycles. The molecule has 33 heavy (non-hydrogen) atoms. The molecule has 174 valence electrons. The number of carboxylic acid groups (broad SMARTS) is 1. The number of benzene rings is 2. The predicted molar refractivity (Wildman–Crippen MR) is 119 cm³/mol. The van der Waals surface area contributed by atoms with Crippen LogP contribution in [0.25, 0.3) is 0 Å². The van der Waals surface area contributed by atoms with Gasteiger partial charge in [-0.05, 0) is 43.3 Å². The lowest BCUT2D eigenvalue weighted by Crippen LogP contribution is -2.45. The highest BCUT2D eigenvalue weighted by Crippen LogP contribution is 2.38. The summed E-state index contributed by atoms with van der Waals surface area (Å²) < 4.78 is 39.5. The van der Waals surface area contributed by atoms with Gasteiger partial charge in [0.1, 0.15) is 5.25 Å². The summed E-state index contributed by atoms with van der Waals surface area (Å²) in [5, 5.41) is 10.3. The summed E-state index contributed by atoms with van der Waals surface area (Å²) >= 11 is 6.58. The molecule has 0 radical (unpaired) electrons. The average molecular weight is 500 g/mol. The fraction of sp³-hybridized carbons (Fsp3) is 0.238. The summed E-state index contributed by atoms with van der Waals surface area (Å²) in [6.45, 7) is 1.88. The number of aromatic carboxylic acids is 1. The molecule has 1 aliphatic heterocycles. The molecule has 2 amide bonds. The number of carbonyl (C=O) groups excluding carboxylic acids is 2. The van der Waals surface area contributed by atoms with Crippen molar-refractivity contribution in [2.75, 3.05) is 11.9 Å². The van der Waals surface area contributed by atoms with E-state index in [1.807, 2.05) is 0 Å². The predicted octanol–water partition coefficient (Wildman–Crippen LogP) is 5.04. The van der Waals surface area contributed by atoms with E-state index in [9.17, 15) is 27.6 Å². The third kappa shape index (κ3) is 5.85. The molecule has 0 aromatic heterocycles. The number of amidine groups is 1. The number of carbonyl (C=O) groups is 3. The highest BCUT2D eigenvalue weighted by atomic mass is 35.5. The van der Waals surface area contributed by atoms with Crippen LogP contribution in [0.5, 0.6) is 0 Å². The van der Waals surface area contributed by atoms with E-state index < -0.39 is 39.8 Å². The average Bonchev–Trinajstić information content (AvgIpc) is 2.74. The Labute approximate surface area is 195 Å². The van der Waals surface area contributed by atoms with E-state index in [-0.39, 0.29) is 35.1 Å². The second kappa shape index (κ2) is 9.84. The fourth-order valence-electron chi connectivity index (χ4n) is 3.02. The zero-order valence-electron chi connectivity index (χ0n) is 17.0. The zero-order chi connectivity index (χ0) is 24.3. The first-order chi connectivity index (χ1) is 15.5. The van der Waals surface area contributed by atoms with Crippen LogP contribution in [-0.4, -0.2) is 44.8 Å². The molecule has 0 spiro atoms. The van der Waals surface area contributed by atoms with Crippen LogP contribution in [0, 0.1) is 0 Å². The minimum absolute atomic E-state index is 0.0252. The van der Waals surface area contributed by atoms with Crippen LogP contribution < -0.4 is 5.32 Å². The Bertz CT molecular complexity index is 1140. The minimum Gasteiger partial charge on any atom is -0.478 e. The lowest BCUT2D eigenvalue weighted by atomic mass is 10.2. The van der Waals surface area contributed by atoms with Crippen molar-refractivity contribution in [1.29, 1.82) is 0 Å². The van der Waals surface area contributed by atoms with Crippen molar-refractivity contribution in [2.24, 2.45) is 4.99 Å². The number of rotatable bonds is 5. The monoisotopic (exact) mass is 499 g/mol. The van der Waals surface area contributed by atoms with Gasteiger partial charge < -0.3 is 10.4 Å². The number of anilines is 1. The molecular formula is C21H17ClF3N3O4S. The molecule has 2 aromatic rings. The number of thioether (sulfide) groups is 1. The van der Waals surface area contributed by atoms with E-state index in [0.29, 0.717) is 0 Å². The van der Waals surface area contributed by atoms with E-state index in [4.69, 9.17) is 16.7 Å². The van der Waals surface area contributed by atoms with Crippen LogP contribution in [0.4, 0.5) is 24.5 Å². The first kappa shape index (κ1) is 24.6. The van der Waals surface area contributed by atoms with Crippen molar-refractivity contribution in [1.82, 2.24) is 4.90 Å². The second-order valence-corrected chi connectivity index (χ2v) is 8.46. The Morgan fingerprint density at radius 1 is 1.27 bits per heavy atom. The van der Waals surface area contributed by atoms with Crippen molar-refractivity contribution in [2.45, 2.75) is 24.8 Å². The molecule has 1 aliphatic rings. The van der Waals surface area contributed by atoms with Gasteiger partial charge in [-0.2, -0.15) is 13.2 Å². The molecule has 3 rings (SSSR count). The number of amides is 2. The van der Waals surface area contributed by atoms with Gasteiger partial charge in [0.15, 0.2) is 5.17 Å². The maximum atomic E-state index is 13.2. The molecule has 0 aliphatic carbocycles. The van der Waals surface area contributed by atoms with Crippen LogP contribution in [0.3, 0.4) is 0 Å². The van der Waals surface area contributed by atoms with E-state index in [1.165, 1.54) is 35.2 Å². The van der Waals surface area contributed by atoms with Crippen LogP contribution in [0.2, 0.25) is 5.02 Å². The summed E-state index contributed by atoms with van der Waals surface area (Å²) in [4.78, 5) is 41.9. The molecule has 1 saturated heterocycles. The van der Waals surface area contributed by atoms with Gasteiger partial charge in [-0.1, -0.05) is 29.4 Å². The van der Waals surface area contributed by atoms with Crippen molar-refractivity contribution >= 4 is 57.7 Å². The topological polar surface area (TPSA) is 99.1 Å². The van der Waals surface area contributed by atoms with E-state index in [2.05, 4.69) is 10.3 Å². The summed E-state index contributed by atoms with van der Waals surface area (Å²) in [7, 11) is 0. The SMILES string of the molecule is CCN1C(=O)CC(C(=O)Nc2cccc(C(=O)O)c2)SC1=Nc1ccc(Cl)c(C(F)(F)F)c1. The largest absolute Gasteiger partial charge is 0.478 e. The zero-order valence-corrected chi connectivity index (χ0v) is 18.6. The molecule has 1 fully saturated rings. The Hall–Kier alpha value is -3.05. The summed E-state index contributed by atoms with van der Waals surface area (Å²) in [5.74, 6) is -2.15. The number of hydrogen-bond acceptors (Lipinski definition) is 5. The van der Waals surface area contributed by atoms with Gasteiger partial charge in [-0.15, -0.1) is 0 Å². The Morgan fingerprint density at radius 3 is 2.64 bits per heavy atom. The van der Waals surface area contributed by atoms with Gasteiger partial charge in [0.25, 0.3) is 0 Å². The third-order valence-corrected chi connectivity index (χ3v) is 6.12. The molecule has 1 atom stereocenters. The molecule has 12 heteroatoms. The van der Waals surface area contributed by atoms with Gasteiger partial charge >= 0.3 is 12.1 Å². The number of nitrogens with one attached hydrogen (secondary N) is 1. The quantitative estimate of drug-likeness (QED) is 0.600. The maximum Gasteiger partial charge on any atom is 0.417 e. The molecular weight excluding hydrogens is 483 g/mol. The van der Waals surface area contributed by atoms with E-state index >= 15 is 0 Å². The van der Waals surface area contributed by atoms with E-state index in [0.717, 1.165) is 23.9 Å². The third-order valence-electron chi connectivity index (χ3n) is 4.61. The van der Waals surface area contributed by atoms with Gasteiger partial charge in [0.05, 0.1) is 21.8 Å². The van der Waals surface area contributed by atoms with Gasteiger partial charge in [0.2, 0.25) is 11.8 Å². The number of nitrogens with zero attached hydrogens (tertiary/aromatic N) is 2. The highest BCUT2D eigenvalue weighted by Gasteiger charge is 2.36. The first-order valence-electron chi connectivity index (χ1n) is 9.56. The van der Waals surface area contributed by atoms with Crippen LogP contribution in [0.15, 0.2) is 47.5 Å². The summed E-state index contributed by atoms with van der Waals surface area (Å²) in [5.41, 5.74) is -0.927. The molecule has 0 bridgehead atoms. The number of halogens is 4. The normalized spacial score (nSPS) is 17.8. The number of alkyl halides is 3. The second-order valence-electron chi connectivity index (χ2n) is 6.88. The van der Waals surface area contributed by atoms with Gasteiger partial charge in [0, 0.05) is 18.7 Å². The fourth-order valence-corrected chi connectivity index (χ4v) is 4.40. The van der Waals surface area contributed by atoms with Crippen LogP contribution in [0.1, 0.15) is 29.3 Å². The number of carboxylic acids is 1. The van der Waals surface area contributed by atoms with Crippen molar-refractivity contribution in [3.63, 3.8) is 0 Å². The van der Waals surface area contributed by atoms with Crippen molar-refractivity contribution < 1.29 is 32.7 Å². The van der Waals surface area contributed by atoms with Gasteiger partial charge in [-0.3, -0.25) is 14.5 Å². The summed E-state index contributed by atoms with van der Waals surface area (Å²) in [6.07, 6.45) is -4.84. The summed E-state index contributed by atoms with van der Waals surface area (Å²) in [6, 6.07) is 8.72. The Balaban J connectivity index is 1.87. The highest BCUT2D eigenvalue weighted by molar-refractivity contribution is 8.15. The van der Waals surface area contributed by atoms with Crippen molar-refractivity contribution in [3.05, 3.63) is 58.6 Å². The Kier molecular flexibility index (Phi) is 7.33. The smallest absolute Gasteiger partial charge is 0.417 e. The molecule has 1 unspecified atom stereocenters. The minimum atomic E-state index is -4.68. The van der Waals surface area contributed by atoms with Crippen LogP contribution >= 0.6 is 23.4 Å². The van der Waals surface area contributed by atoms with Crippen LogP contribution in [-0.2, 0) is 15.8 Å². The standard InChI is InChI=1S/C21H17ClF3N3O4S/c1-2-28-17(29)10-16(18(30)26-12-5-3-4-11(8-12)19(31)32)33-20(28)27-13-6-7-15(22)14(9-13)21(23,24)25/h3-9,16H,2,10H2,1H3,(H,26,30)(H,31,32). The molecule has 7 nitrogen and oxygen atoms in total. The lowest BCUT2D eigenvalue weighted by Gasteiger charge is -2.31. The molecule has 0 saturated carbocycles. The Morgan fingerprint density at radius 2 is 2.00 bits per heavy atom. The lowest BCUT2D eigenvalue weighted by molar-refractivity contribution is -0.137. The first-order valence-corrected chi connectivity index (χ1v) is 10.8. The molecule has 2 aromatic carbocycles. The maximum absolute atomic E-state index is 13.2. The van der Waals surface area contributed by atoms with Crippen molar-refractivity contribution in [3.8, 4) is 0 Å². The van der Waals surface area contributed by atoms with Gasteiger partial charge in [-0.25, -0.2) is 9.79 Å².